The van der Waals surface area contributed by atoms with Gasteiger partial charge in [0, 0.05) is 22.8 Å². The van der Waals surface area contributed by atoms with Gasteiger partial charge in [-0.05, 0) is 25.8 Å². The molecule has 0 aliphatic heterocycles. The minimum Gasteiger partial charge on any atom is -0.478 e. The van der Waals surface area contributed by atoms with Crippen LogP contribution in [-0.2, 0) is 4.79 Å². The van der Waals surface area contributed by atoms with Crippen molar-refractivity contribution in [3.63, 3.8) is 0 Å². The summed E-state index contributed by atoms with van der Waals surface area (Å²) in [6, 6.07) is 2.02. The maximum atomic E-state index is 11.5. The zero-order chi connectivity index (χ0) is 13.1. The molecule has 2 N–H and O–H groups in total. The van der Waals surface area contributed by atoms with Gasteiger partial charge in [0.05, 0.1) is 11.3 Å². The van der Waals surface area contributed by atoms with Gasteiger partial charge in [0.15, 0.2) is 0 Å². The number of hydrogen-bond acceptors (Lipinski definition) is 4. The molecule has 5 nitrogen and oxygen atoms in total. The second kappa shape index (κ2) is 5.39. The Balaban J connectivity index is 2.00. The predicted octanol–water partition coefficient (Wildman–Crippen LogP) is 1.46. The highest BCUT2D eigenvalue weighted by atomic mass is 32.2. The standard InChI is InChI=1S/C12H14N2O3S/c1-7-4-10(9(5-13-7)12(16)17)18-6-11(15)14-8-2-3-8/h4-5,8H,2-3,6H2,1H3,(H,14,15)(H,16,17). The van der Waals surface area contributed by atoms with Gasteiger partial charge in [-0.1, -0.05) is 0 Å². The topological polar surface area (TPSA) is 79.3 Å². The van der Waals surface area contributed by atoms with Gasteiger partial charge in [0.25, 0.3) is 0 Å². The van der Waals surface area contributed by atoms with Gasteiger partial charge in [0.1, 0.15) is 0 Å². The van der Waals surface area contributed by atoms with Crippen molar-refractivity contribution in [2.24, 2.45) is 0 Å². The zero-order valence-electron chi connectivity index (χ0n) is 9.97. The van der Waals surface area contributed by atoms with Crippen molar-refractivity contribution >= 4 is 23.6 Å². The SMILES string of the molecule is Cc1cc(SCC(=O)NC2CC2)c(C(=O)O)cn1. The van der Waals surface area contributed by atoms with E-state index < -0.39 is 5.97 Å². The van der Waals surface area contributed by atoms with Gasteiger partial charge in [-0.3, -0.25) is 9.78 Å². The van der Waals surface area contributed by atoms with Crippen LogP contribution in [0.5, 0.6) is 0 Å². The number of hydrogen-bond donors (Lipinski definition) is 2. The number of carboxylic acids is 1. The monoisotopic (exact) mass is 266 g/mol. The van der Waals surface area contributed by atoms with E-state index in [1.807, 2.05) is 0 Å². The Morgan fingerprint density at radius 2 is 2.28 bits per heavy atom. The first kappa shape index (κ1) is 12.9. The summed E-state index contributed by atoms with van der Waals surface area (Å²) in [6.07, 6.45) is 3.43. The second-order valence-electron chi connectivity index (χ2n) is 4.26. The summed E-state index contributed by atoms with van der Waals surface area (Å²) in [7, 11) is 0. The lowest BCUT2D eigenvalue weighted by Gasteiger charge is -2.06. The lowest BCUT2D eigenvalue weighted by atomic mass is 10.2. The average Bonchev–Trinajstić information content (AvgIpc) is 3.10. The number of rotatable bonds is 5. The lowest BCUT2D eigenvalue weighted by Crippen LogP contribution is -2.27. The van der Waals surface area contributed by atoms with E-state index in [0.29, 0.717) is 10.9 Å². The van der Waals surface area contributed by atoms with Crippen molar-refractivity contribution in [2.75, 3.05) is 5.75 Å². The maximum Gasteiger partial charge on any atom is 0.338 e. The molecule has 1 heterocycles. The molecule has 1 aromatic rings. The number of aromatic carboxylic acids is 1. The molecule has 96 valence electrons. The molecular weight excluding hydrogens is 252 g/mol. The number of carboxylic acid groups (broad SMARTS) is 1. The third kappa shape index (κ3) is 3.46. The van der Waals surface area contributed by atoms with Gasteiger partial charge in [-0.2, -0.15) is 0 Å². The Labute approximate surface area is 109 Å². The molecule has 2 rings (SSSR count). The zero-order valence-corrected chi connectivity index (χ0v) is 10.8. The Morgan fingerprint density at radius 3 is 2.89 bits per heavy atom. The van der Waals surface area contributed by atoms with Gasteiger partial charge in [-0.15, -0.1) is 11.8 Å². The Bertz CT molecular complexity index is 486. The molecule has 1 aromatic heterocycles. The van der Waals surface area contributed by atoms with Crippen LogP contribution in [0.15, 0.2) is 17.2 Å². The summed E-state index contributed by atoms with van der Waals surface area (Å²) in [6.45, 7) is 1.79. The average molecular weight is 266 g/mol. The number of carbonyl (C=O) groups excluding carboxylic acids is 1. The van der Waals surface area contributed by atoms with Crippen LogP contribution < -0.4 is 5.32 Å². The number of nitrogens with zero attached hydrogens (tertiary/aromatic N) is 1. The molecule has 18 heavy (non-hydrogen) atoms. The lowest BCUT2D eigenvalue weighted by molar-refractivity contribution is -0.118. The van der Waals surface area contributed by atoms with Crippen molar-refractivity contribution in [2.45, 2.75) is 30.7 Å². The molecule has 0 radical (unpaired) electrons. The fraction of sp³-hybridized carbons (Fsp3) is 0.417. The van der Waals surface area contributed by atoms with Crippen molar-refractivity contribution in [3.05, 3.63) is 23.5 Å². The highest BCUT2D eigenvalue weighted by Gasteiger charge is 2.23. The van der Waals surface area contributed by atoms with Gasteiger partial charge >= 0.3 is 5.97 Å². The summed E-state index contributed by atoms with van der Waals surface area (Å²) in [5.74, 6) is -0.832. The molecule has 0 aromatic carbocycles. The summed E-state index contributed by atoms with van der Waals surface area (Å²) in [5, 5.41) is 11.9. The largest absolute Gasteiger partial charge is 0.478 e. The molecule has 0 unspecified atom stereocenters. The molecule has 0 bridgehead atoms. The van der Waals surface area contributed by atoms with E-state index in [1.165, 1.54) is 18.0 Å². The van der Waals surface area contributed by atoms with E-state index in [-0.39, 0.29) is 17.2 Å². The molecule has 6 heteroatoms. The number of pyridine rings is 1. The first-order valence-corrected chi connectivity index (χ1v) is 6.67. The van der Waals surface area contributed by atoms with Crippen molar-refractivity contribution in [3.8, 4) is 0 Å². The fourth-order valence-electron chi connectivity index (χ4n) is 1.46. The van der Waals surface area contributed by atoms with E-state index in [4.69, 9.17) is 5.11 Å². The van der Waals surface area contributed by atoms with E-state index in [1.54, 1.807) is 13.0 Å². The number of amides is 1. The second-order valence-corrected chi connectivity index (χ2v) is 5.27. The molecular formula is C12H14N2O3S. The molecule has 0 atom stereocenters. The summed E-state index contributed by atoms with van der Waals surface area (Å²) in [5.41, 5.74) is 0.884. The number of carbonyl (C=O) groups is 2. The molecule has 1 aliphatic rings. The molecule has 0 saturated heterocycles. The van der Waals surface area contributed by atoms with E-state index in [2.05, 4.69) is 10.3 Å². The van der Waals surface area contributed by atoms with Crippen LogP contribution in [0, 0.1) is 6.92 Å². The normalized spacial score (nSPS) is 14.3. The Morgan fingerprint density at radius 1 is 1.56 bits per heavy atom. The fourth-order valence-corrected chi connectivity index (χ4v) is 2.37. The van der Waals surface area contributed by atoms with E-state index in [9.17, 15) is 9.59 Å². The van der Waals surface area contributed by atoms with Crippen LogP contribution >= 0.6 is 11.8 Å². The van der Waals surface area contributed by atoms with Crippen LogP contribution in [0.3, 0.4) is 0 Å². The Kier molecular flexibility index (Phi) is 3.86. The smallest absolute Gasteiger partial charge is 0.338 e. The maximum absolute atomic E-state index is 11.5. The third-order valence-corrected chi connectivity index (χ3v) is 3.59. The third-order valence-electron chi connectivity index (χ3n) is 2.53. The van der Waals surface area contributed by atoms with Gasteiger partial charge in [0.2, 0.25) is 5.91 Å². The minimum absolute atomic E-state index is 0.0479. The van der Waals surface area contributed by atoms with Crippen LogP contribution in [0.4, 0.5) is 0 Å². The molecule has 0 spiro atoms. The molecule has 1 aliphatic carbocycles. The molecule has 1 amide bonds. The van der Waals surface area contributed by atoms with Crippen molar-refractivity contribution in [1.29, 1.82) is 0 Å². The quantitative estimate of drug-likeness (QED) is 0.789. The highest BCUT2D eigenvalue weighted by Crippen LogP contribution is 2.24. The predicted molar refractivity (Wildman–Crippen MR) is 67.8 cm³/mol. The number of aromatic nitrogens is 1. The molecule has 1 fully saturated rings. The summed E-state index contributed by atoms with van der Waals surface area (Å²) < 4.78 is 0. The first-order valence-electron chi connectivity index (χ1n) is 5.68. The number of aryl methyl sites for hydroxylation is 1. The van der Waals surface area contributed by atoms with Crippen LogP contribution in [0.1, 0.15) is 28.9 Å². The number of nitrogens with one attached hydrogen (secondary N) is 1. The van der Waals surface area contributed by atoms with Crippen LogP contribution in [-0.4, -0.2) is 33.8 Å². The number of thioether (sulfide) groups is 1. The van der Waals surface area contributed by atoms with Crippen LogP contribution in [0.2, 0.25) is 0 Å². The Hall–Kier alpha value is -1.56. The van der Waals surface area contributed by atoms with Gasteiger partial charge in [-0.25, -0.2) is 4.79 Å². The van der Waals surface area contributed by atoms with Crippen LogP contribution in [0.25, 0.3) is 0 Å². The first-order chi connectivity index (χ1) is 8.56. The summed E-state index contributed by atoms with van der Waals surface area (Å²) in [4.78, 5) is 27.1. The molecule has 1 saturated carbocycles. The van der Waals surface area contributed by atoms with Crippen molar-refractivity contribution in [1.82, 2.24) is 10.3 Å². The van der Waals surface area contributed by atoms with Gasteiger partial charge < -0.3 is 10.4 Å². The minimum atomic E-state index is -1.02. The van der Waals surface area contributed by atoms with Crippen molar-refractivity contribution < 1.29 is 14.7 Å². The highest BCUT2D eigenvalue weighted by molar-refractivity contribution is 8.00. The summed E-state index contributed by atoms with van der Waals surface area (Å²) >= 11 is 1.23. The van der Waals surface area contributed by atoms with E-state index in [0.717, 1.165) is 18.5 Å². The van der Waals surface area contributed by atoms with E-state index >= 15 is 0 Å².